The first-order chi connectivity index (χ1) is 13.9. The summed E-state index contributed by atoms with van der Waals surface area (Å²) in [6.45, 7) is 0.279. The van der Waals surface area contributed by atoms with Gasteiger partial charge in [-0.3, -0.25) is 14.5 Å². The van der Waals surface area contributed by atoms with E-state index in [9.17, 15) is 13.2 Å². The van der Waals surface area contributed by atoms with Crippen LogP contribution in [0.5, 0.6) is 5.75 Å². The van der Waals surface area contributed by atoms with Crippen LogP contribution in [0, 0.1) is 0 Å². The lowest BCUT2D eigenvalue weighted by Gasteiger charge is -2.13. The van der Waals surface area contributed by atoms with E-state index in [1.54, 1.807) is 30.6 Å². The second kappa shape index (κ2) is 8.93. The number of ether oxygens (including phenoxy) is 1. The molecule has 9 heteroatoms. The van der Waals surface area contributed by atoms with Gasteiger partial charge in [0.25, 0.3) is 15.9 Å². The maximum absolute atomic E-state index is 12.8. The van der Waals surface area contributed by atoms with Crippen LogP contribution in [0.2, 0.25) is 5.02 Å². The van der Waals surface area contributed by atoms with Crippen LogP contribution in [0.3, 0.4) is 0 Å². The number of hydrogen-bond acceptors (Lipinski definition) is 5. The molecule has 0 aliphatic rings. The number of sulfonamides is 1. The number of anilines is 1. The number of amides is 1. The lowest BCUT2D eigenvalue weighted by Crippen LogP contribution is -2.23. The fourth-order valence-corrected chi connectivity index (χ4v) is 3.83. The molecular weight excluding hydrogens is 414 g/mol. The quantitative estimate of drug-likeness (QED) is 0.597. The van der Waals surface area contributed by atoms with Gasteiger partial charge in [-0.2, -0.15) is 0 Å². The Hall–Kier alpha value is -3.10. The van der Waals surface area contributed by atoms with Gasteiger partial charge in [-0.25, -0.2) is 8.42 Å². The molecule has 0 aliphatic carbocycles. The molecule has 1 aromatic heterocycles. The van der Waals surface area contributed by atoms with Gasteiger partial charge in [0.05, 0.1) is 17.7 Å². The van der Waals surface area contributed by atoms with E-state index in [1.165, 1.54) is 37.4 Å². The number of methoxy groups -OCH3 is 1. The van der Waals surface area contributed by atoms with Gasteiger partial charge in [0.2, 0.25) is 0 Å². The molecule has 0 bridgehead atoms. The molecule has 0 fully saturated rings. The second-order valence-corrected chi connectivity index (χ2v) is 8.14. The maximum Gasteiger partial charge on any atom is 0.262 e. The van der Waals surface area contributed by atoms with Crippen molar-refractivity contribution in [1.29, 1.82) is 0 Å². The molecule has 7 nitrogen and oxygen atoms in total. The zero-order valence-electron chi connectivity index (χ0n) is 15.4. The molecule has 0 spiro atoms. The predicted molar refractivity (Wildman–Crippen MR) is 111 cm³/mol. The molecule has 3 aromatic rings. The first kappa shape index (κ1) is 20.6. The number of pyridine rings is 1. The molecule has 0 atom stereocenters. The Morgan fingerprint density at radius 3 is 2.69 bits per heavy atom. The number of halogens is 1. The van der Waals surface area contributed by atoms with Gasteiger partial charge >= 0.3 is 0 Å². The van der Waals surface area contributed by atoms with E-state index >= 15 is 0 Å². The molecule has 2 N–H and O–H groups in total. The Morgan fingerprint density at radius 1 is 1.14 bits per heavy atom. The monoisotopic (exact) mass is 431 g/mol. The van der Waals surface area contributed by atoms with Gasteiger partial charge in [0.15, 0.2) is 0 Å². The minimum atomic E-state index is -3.96. The van der Waals surface area contributed by atoms with E-state index in [-0.39, 0.29) is 22.7 Å². The van der Waals surface area contributed by atoms with Crippen LogP contribution in [-0.4, -0.2) is 26.4 Å². The zero-order chi connectivity index (χ0) is 20.9. The van der Waals surface area contributed by atoms with Crippen molar-refractivity contribution in [2.24, 2.45) is 0 Å². The van der Waals surface area contributed by atoms with Gasteiger partial charge in [-0.05, 0) is 48.0 Å². The molecule has 0 saturated heterocycles. The summed E-state index contributed by atoms with van der Waals surface area (Å²) in [7, 11) is -2.54. The van der Waals surface area contributed by atoms with E-state index in [1.807, 2.05) is 6.07 Å². The third-order valence-corrected chi connectivity index (χ3v) is 5.59. The van der Waals surface area contributed by atoms with E-state index in [0.717, 1.165) is 5.56 Å². The van der Waals surface area contributed by atoms with Gasteiger partial charge in [0, 0.05) is 29.5 Å². The fraction of sp³-hybridized carbons (Fsp3) is 0.100. The molecule has 1 amide bonds. The standard InChI is InChI=1S/C20H18ClN3O4S/c1-28-19-8-7-16(21)11-18(19)24-29(26,27)17-6-2-5-15(10-17)20(25)23-13-14-4-3-9-22-12-14/h2-12,24H,13H2,1H3,(H,23,25). The Kier molecular flexibility index (Phi) is 6.36. The number of nitrogens with zero attached hydrogens (tertiary/aromatic N) is 1. The fourth-order valence-electron chi connectivity index (χ4n) is 2.56. The summed E-state index contributed by atoms with van der Waals surface area (Å²) in [5.74, 6) is -0.0745. The number of rotatable bonds is 7. The first-order valence-corrected chi connectivity index (χ1v) is 10.4. The Balaban J connectivity index is 1.79. The molecule has 1 heterocycles. The van der Waals surface area contributed by atoms with E-state index in [0.29, 0.717) is 10.8 Å². The largest absolute Gasteiger partial charge is 0.495 e. The third-order valence-electron chi connectivity index (χ3n) is 3.99. The number of hydrogen-bond donors (Lipinski definition) is 2. The summed E-state index contributed by atoms with van der Waals surface area (Å²) in [4.78, 5) is 16.3. The number of benzene rings is 2. The van der Waals surface area contributed by atoms with E-state index < -0.39 is 15.9 Å². The summed E-state index contributed by atoms with van der Waals surface area (Å²) in [5.41, 5.74) is 1.25. The highest BCUT2D eigenvalue weighted by Crippen LogP contribution is 2.29. The average molecular weight is 432 g/mol. The summed E-state index contributed by atoms with van der Waals surface area (Å²) in [6.07, 6.45) is 3.28. The minimum Gasteiger partial charge on any atom is -0.495 e. The molecule has 2 aromatic carbocycles. The van der Waals surface area contributed by atoms with Crippen molar-refractivity contribution >= 4 is 33.2 Å². The highest BCUT2D eigenvalue weighted by atomic mass is 35.5. The molecule has 3 rings (SSSR count). The van der Waals surface area contributed by atoms with Crippen molar-refractivity contribution in [3.63, 3.8) is 0 Å². The zero-order valence-corrected chi connectivity index (χ0v) is 17.0. The van der Waals surface area contributed by atoms with Crippen molar-refractivity contribution in [3.05, 3.63) is 83.1 Å². The van der Waals surface area contributed by atoms with Crippen LogP contribution in [0.25, 0.3) is 0 Å². The molecule has 0 unspecified atom stereocenters. The normalized spacial score (nSPS) is 11.0. The van der Waals surface area contributed by atoms with E-state index in [4.69, 9.17) is 16.3 Å². The number of nitrogens with one attached hydrogen (secondary N) is 2. The highest BCUT2D eigenvalue weighted by Gasteiger charge is 2.18. The molecular formula is C20H18ClN3O4S. The maximum atomic E-state index is 12.8. The first-order valence-electron chi connectivity index (χ1n) is 8.52. The van der Waals surface area contributed by atoms with Crippen molar-refractivity contribution in [2.45, 2.75) is 11.4 Å². The Morgan fingerprint density at radius 2 is 1.97 bits per heavy atom. The lowest BCUT2D eigenvalue weighted by atomic mass is 10.2. The Bertz CT molecular complexity index is 1120. The minimum absolute atomic E-state index is 0.0615. The van der Waals surface area contributed by atoms with Gasteiger partial charge in [-0.15, -0.1) is 0 Å². The van der Waals surface area contributed by atoms with Crippen molar-refractivity contribution in [3.8, 4) is 5.75 Å². The molecule has 150 valence electrons. The topological polar surface area (TPSA) is 97.4 Å². The van der Waals surface area contributed by atoms with Crippen molar-refractivity contribution in [1.82, 2.24) is 10.3 Å². The molecule has 0 radical (unpaired) electrons. The third kappa shape index (κ3) is 5.24. The summed E-state index contributed by atoms with van der Waals surface area (Å²) >= 11 is 5.95. The highest BCUT2D eigenvalue weighted by molar-refractivity contribution is 7.92. The van der Waals surface area contributed by atoms with Crippen LogP contribution in [0.1, 0.15) is 15.9 Å². The van der Waals surface area contributed by atoms with E-state index in [2.05, 4.69) is 15.0 Å². The Labute approximate surface area is 173 Å². The van der Waals surface area contributed by atoms with Gasteiger partial charge < -0.3 is 10.1 Å². The molecule has 29 heavy (non-hydrogen) atoms. The van der Waals surface area contributed by atoms with Crippen LogP contribution < -0.4 is 14.8 Å². The lowest BCUT2D eigenvalue weighted by molar-refractivity contribution is 0.0950. The smallest absolute Gasteiger partial charge is 0.262 e. The predicted octanol–water partition coefficient (Wildman–Crippen LogP) is 3.47. The van der Waals surface area contributed by atoms with Gasteiger partial charge in [-0.1, -0.05) is 23.7 Å². The summed E-state index contributed by atoms with van der Waals surface area (Å²) in [6, 6.07) is 13.9. The van der Waals surface area contributed by atoms with Crippen LogP contribution in [0.4, 0.5) is 5.69 Å². The number of aromatic nitrogens is 1. The van der Waals surface area contributed by atoms with Crippen LogP contribution in [-0.2, 0) is 16.6 Å². The SMILES string of the molecule is COc1ccc(Cl)cc1NS(=O)(=O)c1cccc(C(=O)NCc2cccnc2)c1. The molecule has 0 aliphatic heterocycles. The van der Waals surface area contributed by atoms with Crippen molar-refractivity contribution < 1.29 is 17.9 Å². The molecule has 0 saturated carbocycles. The van der Waals surface area contributed by atoms with Crippen LogP contribution in [0.15, 0.2) is 71.9 Å². The van der Waals surface area contributed by atoms with Crippen LogP contribution >= 0.6 is 11.6 Å². The second-order valence-electron chi connectivity index (χ2n) is 6.02. The summed E-state index contributed by atoms with van der Waals surface area (Å²) < 4.78 is 33.2. The van der Waals surface area contributed by atoms with Crippen molar-refractivity contribution in [2.75, 3.05) is 11.8 Å². The number of carbonyl (C=O) groups excluding carboxylic acids is 1. The average Bonchev–Trinajstić information content (AvgIpc) is 2.73. The summed E-state index contributed by atoms with van der Waals surface area (Å²) in [5, 5.41) is 3.09. The number of carbonyl (C=O) groups is 1. The van der Waals surface area contributed by atoms with Gasteiger partial charge in [0.1, 0.15) is 5.75 Å².